The maximum Gasteiger partial charge on any atom is 0.260 e. The number of fused-ring (bicyclic) bond motifs is 1. The van der Waals surface area contributed by atoms with E-state index < -0.39 is 0 Å². The van der Waals surface area contributed by atoms with Crippen molar-refractivity contribution in [1.29, 1.82) is 0 Å². The number of carbonyl (C=O) groups is 1. The van der Waals surface area contributed by atoms with Gasteiger partial charge in [-0.3, -0.25) is 14.2 Å². The number of benzene rings is 1. The molecular formula is C30H38Cl2N6O6. The summed E-state index contributed by atoms with van der Waals surface area (Å²) in [5.41, 5.74) is 0.542. The van der Waals surface area contributed by atoms with Gasteiger partial charge in [-0.05, 0) is 26.6 Å². The average molecular weight is 650 g/mol. The second-order valence-corrected chi connectivity index (χ2v) is 11.2. The van der Waals surface area contributed by atoms with Crippen LogP contribution in [0.2, 0.25) is 10.0 Å². The number of nitrogens with one attached hydrogen (secondary N) is 1. The number of nitrogens with zero attached hydrogens (tertiary/aromatic N) is 5. The van der Waals surface area contributed by atoms with E-state index in [2.05, 4.69) is 15.3 Å². The molecule has 14 heteroatoms. The van der Waals surface area contributed by atoms with Crippen molar-refractivity contribution in [2.24, 2.45) is 0 Å². The van der Waals surface area contributed by atoms with E-state index in [1.54, 1.807) is 36.4 Å². The number of ether oxygens (including phenoxy) is 4. The molecule has 44 heavy (non-hydrogen) atoms. The Morgan fingerprint density at radius 3 is 2.52 bits per heavy atom. The average Bonchev–Trinajstić information content (AvgIpc) is 3.48. The van der Waals surface area contributed by atoms with Gasteiger partial charge in [-0.2, -0.15) is 4.98 Å². The van der Waals surface area contributed by atoms with Gasteiger partial charge in [-0.25, -0.2) is 4.98 Å². The fourth-order valence-electron chi connectivity index (χ4n) is 4.86. The fraction of sp³-hybridized carbons (Fsp3) is 0.467. The molecule has 12 nitrogen and oxygen atoms in total. The van der Waals surface area contributed by atoms with Crippen LogP contribution in [-0.2, 0) is 20.8 Å². The summed E-state index contributed by atoms with van der Waals surface area (Å²) in [5, 5.41) is 4.04. The molecule has 1 aliphatic heterocycles. The molecule has 1 amide bonds. The zero-order valence-electron chi connectivity index (χ0n) is 25.6. The molecule has 2 aromatic heterocycles. The van der Waals surface area contributed by atoms with Crippen molar-refractivity contribution in [3.05, 3.63) is 50.9 Å². The summed E-state index contributed by atoms with van der Waals surface area (Å²) in [4.78, 5) is 39.5. The van der Waals surface area contributed by atoms with E-state index >= 15 is 0 Å². The first-order chi connectivity index (χ1) is 21.2. The van der Waals surface area contributed by atoms with E-state index in [0.717, 1.165) is 0 Å². The van der Waals surface area contributed by atoms with Crippen LogP contribution >= 0.6 is 23.2 Å². The Bertz CT molecular complexity index is 1540. The number of halogens is 2. The Morgan fingerprint density at radius 1 is 1.14 bits per heavy atom. The van der Waals surface area contributed by atoms with Gasteiger partial charge in [-0.15, -0.1) is 0 Å². The number of anilines is 1. The highest BCUT2D eigenvalue weighted by molar-refractivity contribution is 6.41. The van der Waals surface area contributed by atoms with Gasteiger partial charge in [0.15, 0.2) is 0 Å². The van der Waals surface area contributed by atoms with E-state index in [9.17, 15) is 9.59 Å². The van der Waals surface area contributed by atoms with Crippen LogP contribution in [0.25, 0.3) is 22.2 Å². The summed E-state index contributed by atoms with van der Waals surface area (Å²) in [6.07, 6.45) is 5.62. The van der Waals surface area contributed by atoms with Crippen LogP contribution in [0.1, 0.15) is 6.42 Å². The Hall–Kier alpha value is -3.42. The van der Waals surface area contributed by atoms with Crippen LogP contribution in [0.3, 0.4) is 0 Å². The molecule has 1 atom stereocenters. The fourth-order valence-corrected chi connectivity index (χ4v) is 5.57. The molecule has 3 aromatic rings. The summed E-state index contributed by atoms with van der Waals surface area (Å²) >= 11 is 13.4. The van der Waals surface area contributed by atoms with Crippen molar-refractivity contribution in [3.63, 3.8) is 0 Å². The van der Waals surface area contributed by atoms with E-state index in [4.69, 9.17) is 42.1 Å². The quantitative estimate of drug-likeness (QED) is 0.205. The lowest BCUT2D eigenvalue weighted by atomic mass is 10.0. The van der Waals surface area contributed by atoms with Gasteiger partial charge < -0.3 is 34.1 Å². The van der Waals surface area contributed by atoms with E-state index in [-0.39, 0.29) is 51.9 Å². The van der Waals surface area contributed by atoms with E-state index in [0.29, 0.717) is 67.7 Å². The maximum atomic E-state index is 14.1. The minimum atomic E-state index is -0.379. The molecule has 0 aliphatic carbocycles. The second kappa shape index (κ2) is 15.5. The Balaban J connectivity index is 1.64. The molecule has 0 saturated carbocycles. The largest absolute Gasteiger partial charge is 0.495 e. The summed E-state index contributed by atoms with van der Waals surface area (Å²) < 4.78 is 23.6. The number of likely N-dealkylation sites (tertiary alicyclic amines) is 1. The standard InChI is InChI=1S/C30H38Cl2N6O6/c1-36(2)10-6-7-24(39)37-11-8-20(18-37)44-14-12-38-28-19(17-34-30(35-28)33-9-13-41-3)15-21(29(38)40)25-26(31)22(42-4)16-23(43-5)27(25)32/h6-7,15-17,20H,8-14,18H2,1-5H3,(H,33,34,35). The molecular weight excluding hydrogens is 611 g/mol. The van der Waals surface area contributed by atoms with Gasteiger partial charge in [0.25, 0.3) is 5.56 Å². The van der Waals surface area contributed by atoms with E-state index in [1.807, 2.05) is 25.1 Å². The molecule has 0 radical (unpaired) electrons. The Kier molecular flexibility index (Phi) is 11.8. The number of aromatic nitrogens is 3. The lowest BCUT2D eigenvalue weighted by Gasteiger charge is -2.18. The van der Waals surface area contributed by atoms with Crippen molar-refractivity contribution in [3.8, 4) is 22.6 Å². The number of amides is 1. The highest BCUT2D eigenvalue weighted by Gasteiger charge is 2.26. The molecule has 1 N–H and O–H groups in total. The minimum absolute atomic E-state index is 0.0412. The van der Waals surface area contributed by atoms with Gasteiger partial charge in [0.05, 0.1) is 55.7 Å². The van der Waals surface area contributed by atoms with Crippen molar-refractivity contribution in [1.82, 2.24) is 24.3 Å². The van der Waals surface area contributed by atoms with Crippen LogP contribution in [0.4, 0.5) is 5.95 Å². The van der Waals surface area contributed by atoms with Crippen LogP contribution in [0.15, 0.2) is 35.3 Å². The molecule has 1 aromatic carbocycles. The molecule has 238 valence electrons. The third kappa shape index (κ3) is 7.80. The summed E-state index contributed by atoms with van der Waals surface area (Å²) in [6, 6.07) is 3.22. The third-order valence-corrected chi connectivity index (χ3v) is 7.87. The third-order valence-electron chi connectivity index (χ3n) is 7.12. The molecule has 1 aliphatic rings. The predicted octanol–water partition coefficient (Wildman–Crippen LogP) is 3.58. The van der Waals surface area contributed by atoms with Crippen LogP contribution < -0.4 is 20.3 Å². The topological polar surface area (TPSA) is 120 Å². The van der Waals surface area contributed by atoms with Crippen molar-refractivity contribution < 1.29 is 23.7 Å². The SMILES string of the molecule is COCCNc1ncc2cc(-c3c(Cl)c(OC)cc(OC)c3Cl)c(=O)n(CCOC3CCN(C(=O)C=CCN(C)C)C3)c2n1. The van der Waals surface area contributed by atoms with Gasteiger partial charge in [0.1, 0.15) is 17.1 Å². The normalized spacial score (nSPS) is 15.1. The van der Waals surface area contributed by atoms with E-state index in [1.165, 1.54) is 18.8 Å². The number of rotatable bonds is 14. The lowest BCUT2D eigenvalue weighted by Crippen LogP contribution is -2.30. The number of hydrogen-bond donors (Lipinski definition) is 1. The van der Waals surface area contributed by atoms with Crippen molar-refractivity contribution in [2.75, 3.05) is 80.1 Å². The molecule has 1 saturated heterocycles. The Morgan fingerprint density at radius 2 is 1.86 bits per heavy atom. The zero-order valence-corrected chi connectivity index (χ0v) is 27.1. The summed E-state index contributed by atoms with van der Waals surface area (Å²) in [7, 11) is 8.43. The number of pyridine rings is 1. The van der Waals surface area contributed by atoms with Gasteiger partial charge in [-0.1, -0.05) is 29.3 Å². The first-order valence-electron chi connectivity index (χ1n) is 14.1. The Labute approximate surface area is 266 Å². The highest BCUT2D eigenvalue weighted by Crippen LogP contribution is 2.45. The molecule has 1 fully saturated rings. The number of carbonyl (C=O) groups excluding carboxylic acids is 1. The molecule has 0 spiro atoms. The summed E-state index contributed by atoms with van der Waals surface area (Å²) in [5.74, 6) is 0.926. The van der Waals surface area contributed by atoms with Crippen LogP contribution in [0, 0.1) is 0 Å². The number of hydrogen-bond acceptors (Lipinski definition) is 10. The van der Waals surface area contributed by atoms with Crippen LogP contribution in [0.5, 0.6) is 11.5 Å². The first-order valence-corrected chi connectivity index (χ1v) is 14.9. The smallest absolute Gasteiger partial charge is 0.260 e. The van der Waals surface area contributed by atoms with Gasteiger partial charge in [0, 0.05) is 62.6 Å². The highest BCUT2D eigenvalue weighted by atomic mass is 35.5. The number of methoxy groups -OCH3 is 3. The van der Waals surface area contributed by atoms with Gasteiger partial charge >= 0.3 is 0 Å². The van der Waals surface area contributed by atoms with Gasteiger partial charge in [0.2, 0.25) is 11.9 Å². The maximum absolute atomic E-state index is 14.1. The molecule has 0 bridgehead atoms. The first kappa shape index (κ1) is 33.5. The van der Waals surface area contributed by atoms with Crippen molar-refractivity contribution in [2.45, 2.75) is 19.1 Å². The monoisotopic (exact) mass is 648 g/mol. The lowest BCUT2D eigenvalue weighted by molar-refractivity contribution is -0.125. The zero-order chi connectivity index (χ0) is 31.8. The second-order valence-electron chi connectivity index (χ2n) is 10.4. The van der Waals surface area contributed by atoms with Crippen molar-refractivity contribution >= 4 is 46.1 Å². The molecule has 3 heterocycles. The molecule has 4 rings (SSSR count). The minimum Gasteiger partial charge on any atom is -0.495 e. The predicted molar refractivity (Wildman–Crippen MR) is 171 cm³/mol. The van der Waals surface area contributed by atoms with Crippen LogP contribution in [-0.4, -0.2) is 111 Å². The number of likely N-dealkylation sites (N-methyl/N-ethyl adjacent to an activating group) is 1. The summed E-state index contributed by atoms with van der Waals surface area (Å²) in [6.45, 7) is 3.11. The molecule has 1 unspecified atom stereocenters.